The first kappa shape index (κ1) is 18.3. The summed E-state index contributed by atoms with van der Waals surface area (Å²) in [6, 6.07) is 12.8. The molecule has 1 heterocycles. The monoisotopic (exact) mass is 343 g/mol. The minimum atomic E-state index is -0.814. The largest absolute Gasteiger partial charge is 0.466 e. The lowest BCUT2D eigenvalue weighted by Crippen LogP contribution is -2.22. The lowest BCUT2D eigenvalue weighted by Gasteiger charge is -2.10. The number of furan rings is 1. The molecule has 2 rings (SSSR count). The third-order valence-corrected chi connectivity index (χ3v) is 3.56. The average Bonchev–Trinajstić information content (AvgIpc) is 3.04. The maximum absolute atomic E-state index is 12.3. The maximum Gasteiger partial charge on any atom is 0.347 e. The van der Waals surface area contributed by atoms with Crippen LogP contribution in [0.2, 0.25) is 0 Å². The average molecular weight is 343 g/mol. The van der Waals surface area contributed by atoms with Crippen LogP contribution in [-0.2, 0) is 32.1 Å². The Morgan fingerprint density at radius 1 is 1.08 bits per heavy atom. The molecule has 132 valence electrons. The van der Waals surface area contributed by atoms with E-state index in [-0.39, 0.29) is 24.3 Å². The van der Waals surface area contributed by atoms with E-state index in [1.807, 2.05) is 49.4 Å². The fourth-order valence-corrected chi connectivity index (χ4v) is 2.25. The van der Waals surface area contributed by atoms with Crippen molar-refractivity contribution >= 4 is 11.9 Å². The topological polar surface area (TPSA) is 91.8 Å². The van der Waals surface area contributed by atoms with Gasteiger partial charge in [-0.25, -0.2) is 9.59 Å². The molecule has 0 aliphatic carbocycles. The van der Waals surface area contributed by atoms with Crippen LogP contribution in [0, 0.1) is 6.92 Å². The predicted octanol–water partition coefficient (Wildman–Crippen LogP) is 2.65. The van der Waals surface area contributed by atoms with Gasteiger partial charge in [0.2, 0.25) is 0 Å². The van der Waals surface area contributed by atoms with Crippen molar-refractivity contribution in [3.8, 4) is 0 Å². The molecule has 0 saturated carbocycles. The Morgan fingerprint density at radius 2 is 1.80 bits per heavy atom. The first-order chi connectivity index (χ1) is 12.0. The third-order valence-electron chi connectivity index (χ3n) is 3.56. The number of hydrogen-bond acceptors (Lipinski definition) is 6. The molecule has 0 radical (unpaired) electrons. The third kappa shape index (κ3) is 5.24. The molecule has 0 aliphatic rings. The highest BCUT2D eigenvalue weighted by Crippen LogP contribution is 2.15. The van der Waals surface area contributed by atoms with Crippen LogP contribution in [0.3, 0.4) is 0 Å². The number of esters is 2. The lowest BCUT2D eigenvalue weighted by molar-refractivity contribution is -0.146. The molecular weight excluding hydrogens is 322 g/mol. The van der Waals surface area contributed by atoms with Crippen LogP contribution in [0.15, 0.2) is 58.2 Å². The Labute approximate surface area is 146 Å². The van der Waals surface area contributed by atoms with Crippen molar-refractivity contribution in [3.63, 3.8) is 0 Å². The summed E-state index contributed by atoms with van der Waals surface area (Å²) < 4.78 is 15.3. The number of ether oxygens (including phenoxy) is 2. The van der Waals surface area contributed by atoms with Crippen molar-refractivity contribution < 1.29 is 23.5 Å². The van der Waals surface area contributed by atoms with Crippen LogP contribution in [0.4, 0.5) is 0 Å². The molecule has 0 saturated heterocycles. The summed E-state index contributed by atoms with van der Waals surface area (Å²) >= 11 is 0. The summed E-state index contributed by atoms with van der Waals surface area (Å²) in [5.41, 5.74) is 6.60. The fourth-order valence-electron chi connectivity index (χ4n) is 2.25. The van der Waals surface area contributed by atoms with Gasteiger partial charge in [-0.3, -0.25) is 0 Å². The second-order valence-electron chi connectivity index (χ2n) is 5.47. The number of allylic oxidation sites excluding steroid dienone is 1. The number of methoxy groups -OCH3 is 1. The molecule has 0 amide bonds. The molecule has 0 fully saturated rings. The highest BCUT2D eigenvalue weighted by atomic mass is 16.5. The van der Waals surface area contributed by atoms with Crippen molar-refractivity contribution in [2.45, 2.75) is 26.4 Å². The zero-order valence-corrected chi connectivity index (χ0v) is 14.3. The summed E-state index contributed by atoms with van der Waals surface area (Å²) in [5, 5.41) is 0. The maximum atomic E-state index is 12.3. The summed E-state index contributed by atoms with van der Waals surface area (Å²) in [6.45, 7) is 1.88. The Balaban J connectivity index is 2.07. The van der Waals surface area contributed by atoms with Gasteiger partial charge in [-0.1, -0.05) is 30.3 Å². The van der Waals surface area contributed by atoms with E-state index in [4.69, 9.17) is 14.9 Å². The fraction of sp³-hybridized carbons (Fsp3) is 0.263. The molecule has 6 heteroatoms. The number of carbonyl (C=O) groups excluding carboxylic acids is 2. The van der Waals surface area contributed by atoms with E-state index >= 15 is 0 Å². The summed E-state index contributed by atoms with van der Waals surface area (Å²) in [7, 11) is 1.19. The highest BCUT2D eigenvalue weighted by molar-refractivity contribution is 6.14. The van der Waals surface area contributed by atoms with E-state index in [1.54, 1.807) is 0 Å². The lowest BCUT2D eigenvalue weighted by atomic mass is 10.1. The Hall–Kier alpha value is -3.02. The molecule has 1 aromatic heterocycles. The molecule has 0 spiro atoms. The predicted molar refractivity (Wildman–Crippen MR) is 91.2 cm³/mol. The quantitative estimate of drug-likeness (QED) is 0.360. The minimum Gasteiger partial charge on any atom is -0.466 e. The number of benzene rings is 1. The van der Waals surface area contributed by atoms with Crippen LogP contribution >= 0.6 is 0 Å². The minimum absolute atomic E-state index is 0.0465. The van der Waals surface area contributed by atoms with Gasteiger partial charge in [-0.05, 0) is 31.0 Å². The number of nitrogens with two attached hydrogens (primary N) is 1. The number of hydrogen-bond donors (Lipinski definition) is 1. The summed E-state index contributed by atoms with van der Waals surface area (Å²) in [6.07, 6.45) is 0.740. The molecule has 0 aliphatic heterocycles. The molecule has 0 bridgehead atoms. The van der Waals surface area contributed by atoms with Gasteiger partial charge in [0.25, 0.3) is 0 Å². The normalized spacial score (nSPS) is 11.6. The van der Waals surface area contributed by atoms with E-state index in [9.17, 15) is 9.59 Å². The molecule has 6 nitrogen and oxygen atoms in total. The highest BCUT2D eigenvalue weighted by Gasteiger charge is 2.24. The van der Waals surface area contributed by atoms with E-state index < -0.39 is 11.9 Å². The van der Waals surface area contributed by atoms with Gasteiger partial charge >= 0.3 is 11.9 Å². The second kappa shape index (κ2) is 8.73. The van der Waals surface area contributed by atoms with Crippen molar-refractivity contribution in [3.05, 3.63) is 70.8 Å². The first-order valence-corrected chi connectivity index (χ1v) is 7.84. The van der Waals surface area contributed by atoms with E-state index in [2.05, 4.69) is 4.74 Å². The molecule has 1 aromatic carbocycles. The van der Waals surface area contributed by atoms with Crippen molar-refractivity contribution in [2.24, 2.45) is 5.73 Å². The summed E-state index contributed by atoms with van der Waals surface area (Å²) in [4.78, 5) is 24.2. The zero-order valence-electron chi connectivity index (χ0n) is 14.3. The van der Waals surface area contributed by atoms with Crippen molar-refractivity contribution in [1.82, 2.24) is 0 Å². The van der Waals surface area contributed by atoms with Crippen molar-refractivity contribution in [1.29, 1.82) is 0 Å². The van der Waals surface area contributed by atoms with Gasteiger partial charge in [-0.2, -0.15) is 0 Å². The van der Waals surface area contributed by atoms with Gasteiger partial charge in [0, 0.05) is 12.1 Å². The van der Waals surface area contributed by atoms with Crippen molar-refractivity contribution in [2.75, 3.05) is 7.11 Å². The molecule has 25 heavy (non-hydrogen) atoms. The Kier molecular flexibility index (Phi) is 6.39. The Morgan fingerprint density at radius 3 is 2.40 bits per heavy atom. The van der Waals surface area contributed by atoms with Gasteiger partial charge in [0.1, 0.15) is 18.1 Å². The van der Waals surface area contributed by atoms with Gasteiger partial charge in [0.05, 0.1) is 7.11 Å². The second-order valence-corrected chi connectivity index (χ2v) is 5.47. The van der Waals surface area contributed by atoms with Crippen LogP contribution < -0.4 is 5.73 Å². The SMILES string of the molecule is COC(=O)C(C(=O)OCc1ccccc1)=C(N)CCc1ccc(C)o1. The van der Waals surface area contributed by atoms with Crippen LogP contribution in [0.25, 0.3) is 0 Å². The molecule has 2 N–H and O–H groups in total. The number of rotatable bonds is 7. The Bertz CT molecular complexity index is 761. The molecule has 0 unspecified atom stereocenters. The summed E-state index contributed by atoms with van der Waals surface area (Å²) in [5.74, 6) is -0.106. The van der Waals surface area contributed by atoms with Gasteiger partial charge < -0.3 is 19.6 Å². The van der Waals surface area contributed by atoms with Gasteiger partial charge in [-0.15, -0.1) is 0 Å². The van der Waals surface area contributed by atoms with Crippen LogP contribution in [0.1, 0.15) is 23.5 Å². The van der Waals surface area contributed by atoms with Crippen LogP contribution in [0.5, 0.6) is 0 Å². The molecule has 2 aromatic rings. The van der Waals surface area contributed by atoms with Gasteiger partial charge in [0.15, 0.2) is 5.57 Å². The smallest absolute Gasteiger partial charge is 0.347 e. The van der Waals surface area contributed by atoms with E-state index in [0.717, 1.165) is 17.1 Å². The zero-order chi connectivity index (χ0) is 18.2. The standard InChI is InChI=1S/C19H21NO5/c1-13-8-9-15(25-13)10-11-16(20)17(18(21)23-2)19(22)24-12-14-6-4-3-5-7-14/h3-9H,10-12,20H2,1-2H3. The van der Waals surface area contributed by atoms with Crippen LogP contribution in [-0.4, -0.2) is 19.0 Å². The first-order valence-electron chi connectivity index (χ1n) is 7.84. The van der Waals surface area contributed by atoms with E-state index in [0.29, 0.717) is 6.42 Å². The number of carbonyl (C=O) groups is 2. The van der Waals surface area contributed by atoms with E-state index in [1.165, 1.54) is 7.11 Å². The molecule has 0 atom stereocenters. The number of aryl methyl sites for hydroxylation is 2. The molecular formula is C19H21NO5.